The molecule has 0 bridgehead atoms. The van der Waals surface area contributed by atoms with Crippen molar-refractivity contribution >= 4 is 38.5 Å². The summed E-state index contributed by atoms with van der Waals surface area (Å²) in [6.07, 6.45) is -2.01. The SMILES string of the molecule is CC(C)Cc1cnn2c3c(c(=O)n(-c4ccc5c(c4)nnn5C)c12)C[C@H](C)N(C(=O)c1ccc(Br)c(C(F)(F)F)c1)C3. The molecule has 0 spiro atoms. The summed E-state index contributed by atoms with van der Waals surface area (Å²) in [5.74, 6) is -0.274. The molecule has 1 aliphatic rings. The van der Waals surface area contributed by atoms with Crippen LogP contribution in [-0.4, -0.2) is 46.0 Å². The standard InChI is InChI=1S/C29H27BrF3N7O2/c1-15(2)9-18-13-34-40-25-14-38(27(41)17-5-7-22(30)21(11-17)29(31,32)33)16(3)10-20(25)28(42)39(26(18)40)19-6-8-24-23(12-19)35-36-37(24)4/h5-8,11-13,15-16H,9-10,14H2,1-4H3/t16-/m0/s1. The Kier molecular flexibility index (Phi) is 6.75. The van der Waals surface area contributed by atoms with Crippen LogP contribution in [0.25, 0.3) is 22.4 Å². The van der Waals surface area contributed by atoms with E-state index in [1.165, 1.54) is 17.0 Å². The molecule has 0 aliphatic carbocycles. The molecule has 1 aliphatic heterocycles. The fraction of sp³-hybridized carbons (Fsp3) is 0.345. The summed E-state index contributed by atoms with van der Waals surface area (Å²) < 4.78 is 45.6. The zero-order chi connectivity index (χ0) is 30.1. The van der Waals surface area contributed by atoms with Crippen LogP contribution in [0.2, 0.25) is 0 Å². The largest absolute Gasteiger partial charge is 0.417 e. The van der Waals surface area contributed by atoms with E-state index in [0.717, 1.165) is 17.1 Å². The summed E-state index contributed by atoms with van der Waals surface area (Å²) in [5, 5.41) is 12.9. The number of alkyl halides is 3. The third kappa shape index (κ3) is 4.59. The predicted molar refractivity (Wildman–Crippen MR) is 154 cm³/mol. The molecule has 1 atom stereocenters. The molecular weight excluding hydrogens is 615 g/mol. The first-order valence-corrected chi connectivity index (χ1v) is 14.2. The normalized spacial score (nSPS) is 15.6. The Hall–Kier alpha value is -4.00. The lowest BCUT2D eigenvalue weighted by Crippen LogP contribution is -2.46. The number of rotatable bonds is 4. The molecule has 13 heteroatoms. The molecule has 5 aromatic rings. The van der Waals surface area contributed by atoms with Crippen molar-refractivity contribution in [3.63, 3.8) is 0 Å². The first-order valence-electron chi connectivity index (χ1n) is 13.5. The van der Waals surface area contributed by atoms with Crippen LogP contribution in [0.15, 0.2) is 51.9 Å². The van der Waals surface area contributed by atoms with Gasteiger partial charge >= 0.3 is 6.18 Å². The average molecular weight is 642 g/mol. The average Bonchev–Trinajstić information content (AvgIpc) is 3.50. The zero-order valence-corrected chi connectivity index (χ0v) is 24.9. The van der Waals surface area contributed by atoms with E-state index in [0.29, 0.717) is 34.5 Å². The first kappa shape index (κ1) is 28.1. The van der Waals surface area contributed by atoms with Crippen LogP contribution in [0.1, 0.15) is 53.5 Å². The number of hydrogen-bond donors (Lipinski definition) is 0. The van der Waals surface area contributed by atoms with Crippen molar-refractivity contribution in [3.05, 3.63) is 85.4 Å². The van der Waals surface area contributed by atoms with Gasteiger partial charge < -0.3 is 4.90 Å². The number of amides is 1. The van der Waals surface area contributed by atoms with Crippen molar-refractivity contribution in [2.45, 2.75) is 52.4 Å². The van der Waals surface area contributed by atoms with Gasteiger partial charge in [-0.15, -0.1) is 5.10 Å². The number of aryl methyl sites for hydroxylation is 1. The first-order chi connectivity index (χ1) is 19.8. The molecule has 2 aromatic carbocycles. The highest BCUT2D eigenvalue weighted by molar-refractivity contribution is 9.10. The van der Waals surface area contributed by atoms with Gasteiger partial charge in [-0.2, -0.15) is 18.3 Å². The molecule has 1 amide bonds. The Balaban J connectivity index is 1.50. The van der Waals surface area contributed by atoms with E-state index >= 15 is 0 Å². The van der Waals surface area contributed by atoms with Gasteiger partial charge in [-0.1, -0.05) is 35.0 Å². The van der Waals surface area contributed by atoms with Crippen LogP contribution in [0.4, 0.5) is 13.2 Å². The number of halogens is 4. The summed E-state index contributed by atoms with van der Waals surface area (Å²) >= 11 is 2.94. The lowest BCUT2D eigenvalue weighted by molar-refractivity contribution is -0.138. The van der Waals surface area contributed by atoms with Gasteiger partial charge in [0, 0.05) is 34.3 Å². The molecule has 0 N–H and O–H groups in total. The number of carbonyl (C=O) groups excluding carboxylic acids is 1. The second-order valence-electron chi connectivity index (χ2n) is 11.1. The lowest BCUT2D eigenvalue weighted by atomic mass is 9.97. The summed E-state index contributed by atoms with van der Waals surface area (Å²) in [5.41, 5.74) is 3.34. The van der Waals surface area contributed by atoms with Gasteiger partial charge in [-0.3, -0.25) is 14.2 Å². The van der Waals surface area contributed by atoms with Crippen molar-refractivity contribution in [3.8, 4) is 5.69 Å². The third-order valence-electron chi connectivity index (χ3n) is 7.71. The molecule has 42 heavy (non-hydrogen) atoms. The molecule has 0 saturated heterocycles. The Morgan fingerprint density at radius 2 is 1.93 bits per heavy atom. The second-order valence-corrected chi connectivity index (χ2v) is 12.0. The van der Waals surface area contributed by atoms with Gasteiger partial charge in [-0.25, -0.2) is 9.20 Å². The number of carbonyl (C=O) groups is 1. The molecule has 4 heterocycles. The highest BCUT2D eigenvalue weighted by Crippen LogP contribution is 2.36. The van der Waals surface area contributed by atoms with E-state index in [9.17, 15) is 22.8 Å². The smallest absolute Gasteiger partial charge is 0.330 e. The van der Waals surface area contributed by atoms with Crippen LogP contribution in [0.3, 0.4) is 0 Å². The lowest BCUT2D eigenvalue weighted by Gasteiger charge is -2.35. The Morgan fingerprint density at radius 1 is 1.17 bits per heavy atom. The summed E-state index contributed by atoms with van der Waals surface area (Å²) in [6, 6.07) is 8.54. The van der Waals surface area contributed by atoms with Gasteiger partial charge in [0.15, 0.2) is 0 Å². The van der Waals surface area contributed by atoms with Crippen molar-refractivity contribution in [2.75, 3.05) is 0 Å². The third-order valence-corrected chi connectivity index (χ3v) is 8.40. The van der Waals surface area contributed by atoms with E-state index in [-0.39, 0.29) is 34.5 Å². The van der Waals surface area contributed by atoms with Gasteiger partial charge in [0.2, 0.25) is 0 Å². The monoisotopic (exact) mass is 641 g/mol. The second kappa shape index (κ2) is 10.1. The van der Waals surface area contributed by atoms with Gasteiger partial charge in [-0.05, 0) is 62.1 Å². The van der Waals surface area contributed by atoms with Crippen molar-refractivity contribution < 1.29 is 18.0 Å². The summed E-state index contributed by atoms with van der Waals surface area (Å²) in [6.45, 7) is 5.96. The maximum absolute atomic E-state index is 14.2. The van der Waals surface area contributed by atoms with E-state index in [1.807, 2.05) is 18.2 Å². The molecule has 6 rings (SSSR count). The quantitative estimate of drug-likeness (QED) is 0.264. The van der Waals surface area contributed by atoms with Crippen molar-refractivity contribution in [2.24, 2.45) is 13.0 Å². The van der Waals surface area contributed by atoms with E-state index < -0.39 is 23.7 Å². The molecule has 0 radical (unpaired) electrons. The number of aromatic nitrogens is 6. The number of nitrogens with zero attached hydrogens (tertiary/aromatic N) is 7. The van der Waals surface area contributed by atoms with E-state index in [2.05, 4.69) is 45.2 Å². The fourth-order valence-electron chi connectivity index (χ4n) is 5.69. The maximum Gasteiger partial charge on any atom is 0.417 e. The summed E-state index contributed by atoms with van der Waals surface area (Å²) in [4.78, 5) is 29.4. The number of fused-ring (bicyclic) bond motifs is 4. The molecule has 218 valence electrons. The van der Waals surface area contributed by atoms with E-state index in [4.69, 9.17) is 0 Å². The Labute approximate surface area is 246 Å². The van der Waals surface area contributed by atoms with Crippen LogP contribution < -0.4 is 5.56 Å². The van der Waals surface area contributed by atoms with Crippen LogP contribution in [-0.2, 0) is 32.6 Å². The molecule has 3 aromatic heterocycles. The highest BCUT2D eigenvalue weighted by atomic mass is 79.9. The minimum atomic E-state index is -4.62. The number of benzene rings is 2. The molecule has 9 nitrogen and oxygen atoms in total. The molecule has 0 unspecified atom stereocenters. The minimum Gasteiger partial charge on any atom is -0.330 e. The minimum absolute atomic E-state index is 0.0192. The molecular formula is C29H27BrF3N7O2. The molecule has 0 fully saturated rings. The Bertz CT molecular complexity index is 1940. The van der Waals surface area contributed by atoms with Crippen LogP contribution >= 0.6 is 15.9 Å². The van der Waals surface area contributed by atoms with Gasteiger partial charge in [0.05, 0.1) is 35.2 Å². The van der Waals surface area contributed by atoms with E-state index in [1.54, 1.807) is 33.9 Å². The van der Waals surface area contributed by atoms with Crippen molar-refractivity contribution in [1.29, 1.82) is 0 Å². The van der Waals surface area contributed by atoms with Crippen LogP contribution in [0, 0.1) is 5.92 Å². The highest BCUT2D eigenvalue weighted by Gasteiger charge is 2.36. The Morgan fingerprint density at radius 3 is 2.64 bits per heavy atom. The van der Waals surface area contributed by atoms with Gasteiger partial charge in [0.1, 0.15) is 11.2 Å². The van der Waals surface area contributed by atoms with Crippen molar-refractivity contribution in [1.82, 2.24) is 34.1 Å². The summed E-state index contributed by atoms with van der Waals surface area (Å²) in [7, 11) is 1.79. The topological polar surface area (TPSA) is 90.3 Å². The fourth-order valence-corrected chi connectivity index (χ4v) is 6.16. The predicted octanol–water partition coefficient (Wildman–Crippen LogP) is 5.33. The molecule has 0 saturated carbocycles. The zero-order valence-electron chi connectivity index (χ0n) is 23.3. The van der Waals surface area contributed by atoms with Crippen LogP contribution in [0.5, 0.6) is 0 Å². The van der Waals surface area contributed by atoms with Gasteiger partial charge in [0.25, 0.3) is 11.5 Å². The number of hydrogen-bond acceptors (Lipinski definition) is 5. The maximum atomic E-state index is 14.2.